The molecular weight excluding hydrogens is 166 g/mol. The van der Waals surface area contributed by atoms with Crippen LogP contribution in [0.4, 0.5) is 0 Å². The summed E-state index contributed by atoms with van der Waals surface area (Å²) in [5, 5.41) is 0. The Balaban J connectivity index is 3.64. The third-order valence-corrected chi connectivity index (χ3v) is 1.78. The topological polar surface area (TPSA) is 29.5 Å². The highest BCUT2D eigenvalue weighted by Gasteiger charge is 1.97. The van der Waals surface area contributed by atoms with Gasteiger partial charge in [-0.2, -0.15) is 0 Å². The average molecular weight is 185 g/mol. The highest BCUT2D eigenvalue weighted by Crippen LogP contribution is 1.88. The predicted octanol–water partition coefficient (Wildman–Crippen LogP) is 1.10. The number of rotatable bonds is 7. The van der Waals surface area contributed by atoms with Crippen LogP contribution in [0.25, 0.3) is 0 Å². The SMILES string of the molecule is CCN(C/C=C/C(C)=O)CCOC. The lowest BCUT2D eigenvalue weighted by Crippen LogP contribution is -2.27. The number of carbonyl (C=O) groups excluding carboxylic acids is 1. The molecule has 0 unspecified atom stereocenters. The van der Waals surface area contributed by atoms with Crippen molar-refractivity contribution in [3.63, 3.8) is 0 Å². The van der Waals surface area contributed by atoms with E-state index >= 15 is 0 Å². The number of methoxy groups -OCH3 is 1. The molecule has 0 aromatic heterocycles. The van der Waals surface area contributed by atoms with E-state index in [0.717, 1.165) is 26.2 Å². The lowest BCUT2D eigenvalue weighted by molar-refractivity contribution is -0.112. The molecule has 0 aromatic carbocycles. The van der Waals surface area contributed by atoms with Crippen LogP contribution in [-0.2, 0) is 9.53 Å². The summed E-state index contributed by atoms with van der Waals surface area (Å²) in [5.41, 5.74) is 0. The molecule has 0 N–H and O–H groups in total. The van der Waals surface area contributed by atoms with Gasteiger partial charge in [-0.1, -0.05) is 13.0 Å². The Labute approximate surface area is 80.4 Å². The van der Waals surface area contributed by atoms with Gasteiger partial charge in [-0.05, 0) is 19.5 Å². The average Bonchev–Trinajstić information content (AvgIpc) is 2.10. The van der Waals surface area contributed by atoms with E-state index in [2.05, 4.69) is 11.8 Å². The van der Waals surface area contributed by atoms with Crippen molar-refractivity contribution < 1.29 is 9.53 Å². The van der Waals surface area contributed by atoms with Gasteiger partial charge in [0.2, 0.25) is 0 Å². The van der Waals surface area contributed by atoms with Gasteiger partial charge in [0.05, 0.1) is 6.61 Å². The number of ketones is 1. The van der Waals surface area contributed by atoms with Gasteiger partial charge in [-0.25, -0.2) is 0 Å². The molecule has 0 heterocycles. The number of nitrogens with zero attached hydrogens (tertiary/aromatic N) is 1. The van der Waals surface area contributed by atoms with Crippen LogP contribution in [0.5, 0.6) is 0 Å². The van der Waals surface area contributed by atoms with Crippen LogP contribution in [0.1, 0.15) is 13.8 Å². The van der Waals surface area contributed by atoms with Gasteiger partial charge in [0, 0.05) is 20.2 Å². The van der Waals surface area contributed by atoms with Crippen molar-refractivity contribution in [1.82, 2.24) is 4.90 Å². The molecule has 0 bridgehead atoms. The first-order valence-electron chi connectivity index (χ1n) is 4.59. The Hall–Kier alpha value is -0.670. The summed E-state index contributed by atoms with van der Waals surface area (Å²) in [7, 11) is 1.69. The van der Waals surface area contributed by atoms with Crippen LogP contribution in [0.3, 0.4) is 0 Å². The summed E-state index contributed by atoms with van der Waals surface area (Å²) in [5.74, 6) is 0.0998. The van der Waals surface area contributed by atoms with Crippen LogP contribution in [0.2, 0.25) is 0 Å². The minimum Gasteiger partial charge on any atom is -0.383 e. The molecule has 0 radical (unpaired) electrons. The predicted molar refractivity (Wildman–Crippen MR) is 53.8 cm³/mol. The van der Waals surface area contributed by atoms with Gasteiger partial charge in [-0.3, -0.25) is 9.69 Å². The standard InChI is InChI=1S/C10H19NO2/c1-4-11(8-9-13-3)7-5-6-10(2)12/h5-6H,4,7-9H2,1-3H3/b6-5+. The fourth-order valence-corrected chi connectivity index (χ4v) is 0.967. The maximum absolute atomic E-state index is 10.6. The lowest BCUT2D eigenvalue weighted by Gasteiger charge is -2.17. The number of carbonyl (C=O) groups is 1. The summed E-state index contributed by atoms with van der Waals surface area (Å²) in [4.78, 5) is 12.8. The van der Waals surface area contributed by atoms with Crippen LogP contribution < -0.4 is 0 Å². The van der Waals surface area contributed by atoms with Crippen LogP contribution in [-0.4, -0.2) is 44.0 Å². The Morgan fingerprint density at radius 1 is 1.54 bits per heavy atom. The second kappa shape index (κ2) is 7.95. The second-order valence-electron chi connectivity index (χ2n) is 2.90. The molecule has 3 heteroatoms. The molecule has 0 spiro atoms. The number of hydrogen-bond donors (Lipinski definition) is 0. The summed E-state index contributed by atoms with van der Waals surface area (Å²) < 4.78 is 4.97. The number of hydrogen-bond acceptors (Lipinski definition) is 3. The highest BCUT2D eigenvalue weighted by molar-refractivity contribution is 5.87. The number of likely N-dealkylation sites (N-methyl/N-ethyl adjacent to an activating group) is 1. The zero-order valence-electron chi connectivity index (χ0n) is 8.75. The zero-order valence-corrected chi connectivity index (χ0v) is 8.75. The first-order chi connectivity index (χ1) is 6.20. The van der Waals surface area contributed by atoms with Crippen molar-refractivity contribution in [2.75, 3.05) is 33.4 Å². The fourth-order valence-electron chi connectivity index (χ4n) is 0.967. The fraction of sp³-hybridized carbons (Fsp3) is 0.700. The monoisotopic (exact) mass is 185 g/mol. The molecule has 0 aliphatic heterocycles. The van der Waals surface area contributed by atoms with Crippen molar-refractivity contribution in [3.8, 4) is 0 Å². The molecule has 0 saturated heterocycles. The van der Waals surface area contributed by atoms with Crippen LogP contribution in [0.15, 0.2) is 12.2 Å². The largest absolute Gasteiger partial charge is 0.383 e. The van der Waals surface area contributed by atoms with E-state index in [1.165, 1.54) is 0 Å². The van der Waals surface area contributed by atoms with Crippen molar-refractivity contribution in [2.45, 2.75) is 13.8 Å². The molecule has 76 valence electrons. The zero-order chi connectivity index (χ0) is 10.1. The van der Waals surface area contributed by atoms with Crippen LogP contribution >= 0.6 is 0 Å². The Morgan fingerprint density at radius 3 is 2.69 bits per heavy atom. The van der Waals surface area contributed by atoms with E-state index < -0.39 is 0 Å². The molecule has 0 saturated carbocycles. The summed E-state index contributed by atoms with van der Waals surface area (Å²) in [6.07, 6.45) is 3.50. The lowest BCUT2D eigenvalue weighted by atomic mass is 10.3. The second-order valence-corrected chi connectivity index (χ2v) is 2.90. The Kier molecular flexibility index (Phi) is 7.54. The molecule has 0 aliphatic carbocycles. The van der Waals surface area contributed by atoms with E-state index in [1.807, 2.05) is 6.08 Å². The molecule has 13 heavy (non-hydrogen) atoms. The van der Waals surface area contributed by atoms with E-state index in [-0.39, 0.29) is 5.78 Å². The first-order valence-corrected chi connectivity index (χ1v) is 4.59. The van der Waals surface area contributed by atoms with E-state index in [4.69, 9.17) is 4.74 Å². The van der Waals surface area contributed by atoms with Crippen molar-refractivity contribution in [1.29, 1.82) is 0 Å². The molecule has 0 amide bonds. The minimum absolute atomic E-state index is 0.0998. The molecule has 0 atom stereocenters. The summed E-state index contributed by atoms with van der Waals surface area (Å²) >= 11 is 0. The number of ether oxygens (including phenoxy) is 1. The normalized spacial score (nSPS) is 11.4. The minimum atomic E-state index is 0.0998. The molecule has 0 rings (SSSR count). The Bertz CT molecular complexity index is 166. The molecular formula is C10H19NO2. The highest BCUT2D eigenvalue weighted by atomic mass is 16.5. The van der Waals surface area contributed by atoms with Gasteiger partial charge < -0.3 is 4.74 Å². The van der Waals surface area contributed by atoms with Crippen molar-refractivity contribution >= 4 is 5.78 Å². The van der Waals surface area contributed by atoms with Crippen molar-refractivity contribution in [3.05, 3.63) is 12.2 Å². The quantitative estimate of drug-likeness (QED) is 0.556. The van der Waals surface area contributed by atoms with Crippen molar-refractivity contribution in [2.24, 2.45) is 0 Å². The molecule has 0 aliphatic rings. The van der Waals surface area contributed by atoms with Gasteiger partial charge in [0.1, 0.15) is 0 Å². The molecule has 0 fully saturated rings. The summed E-state index contributed by atoms with van der Waals surface area (Å²) in [6, 6.07) is 0. The molecule has 3 nitrogen and oxygen atoms in total. The first kappa shape index (κ1) is 12.3. The van der Waals surface area contributed by atoms with Crippen LogP contribution in [0, 0.1) is 0 Å². The van der Waals surface area contributed by atoms with E-state index in [9.17, 15) is 4.79 Å². The smallest absolute Gasteiger partial charge is 0.152 e. The third kappa shape index (κ3) is 7.68. The van der Waals surface area contributed by atoms with Gasteiger partial charge in [-0.15, -0.1) is 0 Å². The third-order valence-electron chi connectivity index (χ3n) is 1.78. The Morgan fingerprint density at radius 2 is 2.23 bits per heavy atom. The van der Waals surface area contributed by atoms with E-state index in [0.29, 0.717) is 0 Å². The van der Waals surface area contributed by atoms with Gasteiger partial charge >= 0.3 is 0 Å². The van der Waals surface area contributed by atoms with Gasteiger partial charge in [0.15, 0.2) is 5.78 Å². The molecule has 0 aromatic rings. The maximum Gasteiger partial charge on any atom is 0.152 e. The van der Waals surface area contributed by atoms with E-state index in [1.54, 1.807) is 20.1 Å². The number of allylic oxidation sites excluding steroid dienone is 1. The van der Waals surface area contributed by atoms with Gasteiger partial charge in [0.25, 0.3) is 0 Å². The maximum atomic E-state index is 10.6. The summed E-state index contributed by atoms with van der Waals surface area (Å²) in [6.45, 7) is 7.10.